The van der Waals surface area contributed by atoms with E-state index < -0.39 is 24.7 Å². The summed E-state index contributed by atoms with van der Waals surface area (Å²) >= 11 is 0. The average Bonchev–Trinajstić information content (AvgIpc) is 2.73. The van der Waals surface area contributed by atoms with Crippen molar-refractivity contribution in [3.05, 3.63) is 102 Å². The summed E-state index contributed by atoms with van der Waals surface area (Å²) in [5.74, 6) is -1.01. The standard InChI is InChI=1S/C23H14F3O.BF4/c24-19-10-4-1-7-16(19)15-13-22(17-8-2-5-11-20(17)25)27-23(14-15)18-9-3-6-12-21(18)26;2-1(3,4)5/h1-14H;/q+1;-1. The van der Waals surface area contributed by atoms with Crippen LogP contribution in [0.5, 0.6) is 0 Å². The zero-order valence-corrected chi connectivity index (χ0v) is 16.2. The summed E-state index contributed by atoms with van der Waals surface area (Å²) in [6.45, 7) is 0. The molecule has 1 aromatic heterocycles. The molecular weight excluding hydrogens is 436 g/mol. The second-order valence-electron chi connectivity index (χ2n) is 6.51. The van der Waals surface area contributed by atoms with E-state index in [4.69, 9.17) is 4.42 Å². The van der Waals surface area contributed by atoms with Crippen molar-refractivity contribution in [2.24, 2.45) is 0 Å². The van der Waals surface area contributed by atoms with E-state index in [1.165, 1.54) is 18.2 Å². The van der Waals surface area contributed by atoms with Gasteiger partial charge in [0.1, 0.15) is 28.6 Å². The van der Waals surface area contributed by atoms with Crippen LogP contribution < -0.4 is 0 Å². The molecule has 9 heteroatoms. The summed E-state index contributed by atoms with van der Waals surface area (Å²) < 4.78 is 87.7. The van der Waals surface area contributed by atoms with Gasteiger partial charge in [-0.3, -0.25) is 0 Å². The topological polar surface area (TPSA) is 11.3 Å². The van der Waals surface area contributed by atoms with E-state index >= 15 is 0 Å². The summed E-state index contributed by atoms with van der Waals surface area (Å²) in [5.41, 5.74) is 1.22. The Bertz CT molecular complexity index is 1060. The normalized spacial score (nSPS) is 11.0. The van der Waals surface area contributed by atoms with Gasteiger partial charge in [0.25, 0.3) is 0 Å². The molecule has 0 amide bonds. The number of rotatable bonds is 3. The van der Waals surface area contributed by atoms with Crippen molar-refractivity contribution in [3.8, 4) is 33.8 Å². The predicted octanol–water partition coefficient (Wildman–Crippen LogP) is 8.28. The zero-order valence-electron chi connectivity index (χ0n) is 16.2. The summed E-state index contributed by atoms with van der Waals surface area (Å²) in [7, 11) is -6.00. The lowest BCUT2D eigenvalue weighted by molar-refractivity contribution is 0.368. The van der Waals surface area contributed by atoms with Gasteiger partial charge in [0.05, 0.1) is 12.1 Å². The molecule has 1 heterocycles. The van der Waals surface area contributed by atoms with E-state index in [1.54, 1.807) is 66.7 Å². The van der Waals surface area contributed by atoms with Crippen LogP contribution in [0.3, 0.4) is 0 Å². The van der Waals surface area contributed by atoms with E-state index in [1.807, 2.05) is 0 Å². The van der Waals surface area contributed by atoms with Gasteiger partial charge in [-0.15, -0.1) is 0 Å². The molecular formula is C23H14BF7O. The molecule has 4 rings (SSSR count). The maximum absolute atomic E-state index is 14.3. The van der Waals surface area contributed by atoms with Gasteiger partial charge in [0, 0.05) is 11.1 Å². The van der Waals surface area contributed by atoms with Crippen molar-refractivity contribution in [2.75, 3.05) is 0 Å². The van der Waals surface area contributed by atoms with Crippen molar-refractivity contribution in [1.82, 2.24) is 0 Å². The second kappa shape index (κ2) is 9.68. The zero-order chi connectivity index (χ0) is 23.3. The Morgan fingerprint density at radius 3 is 1.16 bits per heavy atom. The van der Waals surface area contributed by atoms with Crippen LogP contribution in [0, 0.1) is 17.5 Å². The van der Waals surface area contributed by atoms with E-state index in [0.29, 0.717) is 11.1 Å². The van der Waals surface area contributed by atoms with Gasteiger partial charge in [-0.1, -0.05) is 42.5 Å². The second-order valence-corrected chi connectivity index (χ2v) is 6.51. The molecule has 32 heavy (non-hydrogen) atoms. The molecule has 0 bridgehead atoms. The highest BCUT2D eigenvalue weighted by molar-refractivity contribution is 6.50. The van der Waals surface area contributed by atoms with Crippen LogP contribution in [0.1, 0.15) is 0 Å². The minimum Gasteiger partial charge on any atom is -0.418 e. The predicted molar refractivity (Wildman–Crippen MR) is 109 cm³/mol. The minimum atomic E-state index is -6.00. The van der Waals surface area contributed by atoms with Gasteiger partial charge in [-0.05, 0) is 30.3 Å². The molecule has 0 fully saturated rings. The third-order valence-electron chi connectivity index (χ3n) is 4.26. The SMILES string of the molecule is F[B-](F)(F)F.Fc1ccccc1-c1cc(-c2ccccc2F)[o+]c(-c2ccccc2F)c1. The highest BCUT2D eigenvalue weighted by Gasteiger charge is 2.25. The van der Waals surface area contributed by atoms with Crippen molar-refractivity contribution < 1.29 is 34.9 Å². The molecule has 3 aromatic carbocycles. The Kier molecular flexibility index (Phi) is 6.97. The molecule has 164 valence electrons. The Morgan fingerprint density at radius 2 is 0.812 bits per heavy atom. The van der Waals surface area contributed by atoms with Crippen LogP contribution >= 0.6 is 0 Å². The van der Waals surface area contributed by atoms with Crippen LogP contribution in [-0.4, -0.2) is 7.25 Å². The molecule has 0 aliphatic heterocycles. The van der Waals surface area contributed by atoms with Gasteiger partial charge in [-0.25, -0.2) is 17.6 Å². The fourth-order valence-electron chi connectivity index (χ4n) is 2.94. The fourth-order valence-corrected chi connectivity index (χ4v) is 2.94. The van der Waals surface area contributed by atoms with E-state index in [0.717, 1.165) is 0 Å². The smallest absolute Gasteiger partial charge is 0.418 e. The van der Waals surface area contributed by atoms with Crippen LogP contribution in [-0.2, 0) is 0 Å². The Labute approximate surface area is 178 Å². The molecule has 0 spiro atoms. The number of hydrogen-bond acceptors (Lipinski definition) is 0. The maximum Gasteiger partial charge on any atom is 0.673 e. The molecule has 0 N–H and O–H groups in total. The highest BCUT2D eigenvalue weighted by atomic mass is 19.5. The molecule has 0 radical (unpaired) electrons. The summed E-state index contributed by atoms with van der Waals surface area (Å²) in [4.78, 5) is 0. The Morgan fingerprint density at radius 1 is 0.500 bits per heavy atom. The third kappa shape index (κ3) is 5.97. The highest BCUT2D eigenvalue weighted by Crippen LogP contribution is 2.35. The minimum absolute atomic E-state index is 0.187. The quantitative estimate of drug-likeness (QED) is 0.174. The van der Waals surface area contributed by atoms with Gasteiger partial charge < -0.3 is 17.3 Å². The first-order chi connectivity index (χ1) is 15.1. The molecule has 0 saturated carbocycles. The molecule has 1 nitrogen and oxygen atoms in total. The molecule has 0 unspecified atom stereocenters. The Balaban J connectivity index is 0.000000523. The summed E-state index contributed by atoms with van der Waals surface area (Å²) in [6.07, 6.45) is 0. The maximum atomic E-state index is 14.3. The lowest BCUT2D eigenvalue weighted by Gasteiger charge is -2.04. The van der Waals surface area contributed by atoms with Gasteiger partial charge >= 0.3 is 18.8 Å². The van der Waals surface area contributed by atoms with Crippen molar-refractivity contribution >= 4 is 7.25 Å². The third-order valence-corrected chi connectivity index (χ3v) is 4.26. The molecule has 0 aliphatic rings. The number of hydrogen-bond donors (Lipinski definition) is 0. The van der Waals surface area contributed by atoms with Crippen molar-refractivity contribution in [2.45, 2.75) is 0 Å². The van der Waals surface area contributed by atoms with Crippen LogP contribution in [0.2, 0.25) is 0 Å². The number of benzene rings is 3. The van der Waals surface area contributed by atoms with E-state index in [9.17, 15) is 30.4 Å². The van der Waals surface area contributed by atoms with Gasteiger partial charge in [0.15, 0.2) is 0 Å². The first-order valence-corrected chi connectivity index (χ1v) is 9.23. The van der Waals surface area contributed by atoms with Crippen LogP contribution in [0.4, 0.5) is 30.4 Å². The van der Waals surface area contributed by atoms with E-state index in [2.05, 4.69) is 0 Å². The first kappa shape index (κ1) is 23.1. The monoisotopic (exact) mass is 450 g/mol. The fraction of sp³-hybridized carbons (Fsp3) is 0. The van der Waals surface area contributed by atoms with Gasteiger partial charge in [0.2, 0.25) is 0 Å². The van der Waals surface area contributed by atoms with E-state index in [-0.39, 0.29) is 22.6 Å². The Hall–Kier alpha value is -3.62. The number of halogens is 7. The van der Waals surface area contributed by atoms with Gasteiger partial charge in [-0.2, -0.15) is 0 Å². The average molecular weight is 450 g/mol. The first-order valence-electron chi connectivity index (χ1n) is 9.23. The molecule has 4 aromatic rings. The summed E-state index contributed by atoms with van der Waals surface area (Å²) in [5, 5.41) is 0. The largest absolute Gasteiger partial charge is 0.673 e. The lowest BCUT2D eigenvalue weighted by atomic mass is 10.0. The van der Waals surface area contributed by atoms with Crippen LogP contribution in [0.25, 0.3) is 33.8 Å². The summed E-state index contributed by atoms with van der Waals surface area (Å²) in [6, 6.07) is 21.6. The van der Waals surface area contributed by atoms with Crippen molar-refractivity contribution in [3.63, 3.8) is 0 Å². The molecule has 0 aliphatic carbocycles. The lowest BCUT2D eigenvalue weighted by Crippen LogP contribution is -2.02. The molecule has 0 atom stereocenters. The van der Waals surface area contributed by atoms with Crippen molar-refractivity contribution in [1.29, 1.82) is 0 Å². The van der Waals surface area contributed by atoms with Crippen LogP contribution in [0.15, 0.2) is 89.3 Å². The molecule has 0 saturated heterocycles.